The van der Waals surface area contributed by atoms with Gasteiger partial charge >= 0.3 is 17.9 Å². The van der Waals surface area contributed by atoms with Crippen LogP contribution in [0.5, 0.6) is 0 Å². The standard InChI is InChI=1S/C31H46O6S/c1-3-5-15-38-16-14-28(32)35-19-31(4-2,20-36-29(33)26-17-22-6-10-24(26)11-7-22)21-37-30(34)27-18-23-8-12-25(27)13-9-23/h6,8,10,12,22-27H,3-5,7,9,11,13-21H2,1-2H3. The van der Waals surface area contributed by atoms with Crippen LogP contribution in [0.2, 0.25) is 0 Å². The molecule has 6 aliphatic carbocycles. The lowest BCUT2D eigenvalue weighted by Gasteiger charge is -2.38. The first-order valence-electron chi connectivity index (χ1n) is 14.9. The minimum atomic E-state index is -0.747. The zero-order valence-corrected chi connectivity index (χ0v) is 24.1. The molecule has 38 heavy (non-hydrogen) atoms. The third-order valence-corrected chi connectivity index (χ3v) is 10.2. The zero-order valence-electron chi connectivity index (χ0n) is 23.2. The molecule has 4 bridgehead atoms. The van der Waals surface area contributed by atoms with E-state index in [9.17, 15) is 14.4 Å². The maximum Gasteiger partial charge on any atom is 0.309 e. The van der Waals surface area contributed by atoms with Crippen molar-refractivity contribution in [2.75, 3.05) is 31.3 Å². The Morgan fingerprint density at radius 3 is 1.74 bits per heavy atom. The molecule has 0 amide bonds. The number of thioether (sulfide) groups is 1. The van der Waals surface area contributed by atoms with Crippen molar-refractivity contribution in [2.45, 2.75) is 78.1 Å². The molecule has 0 saturated heterocycles. The van der Waals surface area contributed by atoms with Crippen molar-refractivity contribution >= 4 is 29.7 Å². The summed E-state index contributed by atoms with van der Waals surface area (Å²) in [6.07, 6.45) is 18.1. The summed E-state index contributed by atoms with van der Waals surface area (Å²) in [7, 11) is 0. The average Bonchev–Trinajstić information content (AvgIpc) is 2.97. The van der Waals surface area contributed by atoms with Crippen LogP contribution in [0.4, 0.5) is 0 Å². The number of carbonyl (C=O) groups is 3. The van der Waals surface area contributed by atoms with Gasteiger partial charge in [0.2, 0.25) is 0 Å². The van der Waals surface area contributed by atoms with Gasteiger partial charge in [-0.25, -0.2) is 0 Å². The number of hydrogen-bond acceptors (Lipinski definition) is 7. The van der Waals surface area contributed by atoms with Crippen LogP contribution < -0.4 is 0 Å². The molecule has 6 nitrogen and oxygen atoms in total. The third-order valence-electron chi connectivity index (χ3n) is 9.18. The van der Waals surface area contributed by atoms with Gasteiger partial charge in [-0.1, -0.05) is 44.6 Å². The topological polar surface area (TPSA) is 78.9 Å². The predicted octanol–water partition coefficient (Wildman–Crippen LogP) is 6.14. The molecule has 0 N–H and O–H groups in total. The van der Waals surface area contributed by atoms with Crippen LogP contribution in [0.1, 0.15) is 78.1 Å². The van der Waals surface area contributed by atoms with Gasteiger partial charge < -0.3 is 14.2 Å². The van der Waals surface area contributed by atoms with E-state index in [0.29, 0.717) is 24.7 Å². The van der Waals surface area contributed by atoms with E-state index in [-0.39, 0.29) is 61.4 Å². The predicted molar refractivity (Wildman–Crippen MR) is 149 cm³/mol. The van der Waals surface area contributed by atoms with Crippen LogP contribution in [0, 0.1) is 40.9 Å². The van der Waals surface area contributed by atoms with Crippen molar-refractivity contribution in [3.63, 3.8) is 0 Å². The van der Waals surface area contributed by atoms with E-state index in [1.165, 1.54) is 0 Å². The molecule has 2 fully saturated rings. The fraction of sp³-hybridized carbons (Fsp3) is 0.774. The summed E-state index contributed by atoms with van der Waals surface area (Å²) in [6.45, 7) is 4.39. The van der Waals surface area contributed by atoms with Crippen molar-refractivity contribution in [3.8, 4) is 0 Å². The van der Waals surface area contributed by atoms with Crippen molar-refractivity contribution < 1.29 is 28.6 Å². The summed E-state index contributed by atoms with van der Waals surface area (Å²) >= 11 is 1.77. The van der Waals surface area contributed by atoms with E-state index in [4.69, 9.17) is 14.2 Å². The molecule has 2 saturated carbocycles. The lowest BCUT2D eigenvalue weighted by atomic mass is 9.69. The molecule has 6 atom stereocenters. The number of hydrogen-bond donors (Lipinski definition) is 0. The van der Waals surface area contributed by atoms with Crippen molar-refractivity contribution in [2.24, 2.45) is 40.9 Å². The van der Waals surface area contributed by atoms with E-state index in [1.807, 2.05) is 6.92 Å². The molecule has 6 aliphatic rings. The molecule has 0 aromatic carbocycles. The van der Waals surface area contributed by atoms with Gasteiger partial charge in [0, 0.05) is 5.75 Å². The Morgan fingerprint density at radius 1 is 0.763 bits per heavy atom. The van der Waals surface area contributed by atoms with Gasteiger partial charge in [-0.2, -0.15) is 11.8 Å². The summed E-state index contributed by atoms with van der Waals surface area (Å²) in [5.41, 5.74) is -0.747. The van der Waals surface area contributed by atoms with Crippen LogP contribution >= 0.6 is 11.8 Å². The summed E-state index contributed by atoms with van der Waals surface area (Å²) in [5, 5.41) is 0. The summed E-state index contributed by atoms with van der Waals surface area (Å²) in [4.78, 5) is 38.7. The van der Waals surface area contributed by atoms with Gasteiger partial charge in [-0.15, -0.1) is 0 Å². The lowest BCUT2D eigenvalue weighted by Crippen LogP contribution is -2.42. The largest absolute Gasteiger partial charge is 0.465 e. The van der Waals surface area contributed by atoms with Gasteiger partial charge in [-0.3, -0.25) is 14.4 Å². The summed E-state index contributed by atoms with van der Waals surface area (Å²) in [5.74, 6) is 2.38. The number of unbranched alkanes of at least 4 members (excludes halogenated alkanes) is 1. The van der Waals surface area contributed by atoms with E-state index >= 15 is 0 Å². The first-order valence-corrected chi connectivity index (χ1v) is 16.0. The minimum Gasteiger partial charge on any atom is -0.465 e. The third kappa shape index (κ3) is 7.67. The van der Waals surface area contributed by atoms with Crippen molar-refractivity contribution in [1.29, 1.82) is 0 Å². The monoisotopic (exact) mass is 546 g/mol. The molecular weight excluding hydrogens is 500 g/mol. The molecule has 6 unspecified atom stereocenters. The Labute approximate surface area is 232 Å². The first kappa shape index (κ1) is 29.2. The molecule has 212 valence electrons. The van der Waals surface area contributed by atoms with Gasteiger partial charge in [0.15, 0.2) is 0 Å². The zero-order chi connectivity index (χ0) is 27.0. The van der Waals surface area contributed by atoms with Crippen LogP contribution in [0.25, 0.3) is 0 Å². The number of carbonyl (C=O) groups excluding carboxylic acids is 3. The smallest absolute Gasteiger partial charge is 0.309 e. The second kappa shape index (κ2) is 14.0. The highest BCUT2D eigenvalue weighted by Crippen LogP contribution is 2.42. The van der Waals surface area contributed by atoms with E-state index in [2.05, 4.69) is 31.2 Å². The molecule has 0 spiro atoms. The maximum atomic E-state index is 13.1. The SMILES string of the molecule is CCCCSCCC(=O)OCC(CC)(COC(=O)C1CC2C=CC1CC2)COC(=O)C1CC2C=CC1CC2. The van der Waals surface area contributed by atoms with Crippen LogP contribution in [-0.4, -0.2) is 49.2 Å². The Morgan fingerprint density at radius 2 is 1.32 bits per heavy atom. The highest BCUT2D eigenvalue weighted by Gasteiger charge is 2.41. The first-order chi connectivity index (χ1) is 18.4. The molecule has 0 aliphatic heterocycles. The Balaban J connectivity index is 1.34. The number of ether oxygens (including phenoxy) is 3. The molecule has 0 radical (unpaired) electrons. The Kier molecular flexibility index (Phi) is 10.8. The van der Waals surface area contributed by atoms with Crippen LogP contribution in [0.15, 0.2) is 24.3 Å². The Hall–Kier alpha value is -1.76. The van der Waals surface area contributed by atoms with Crippen molar-refractivity contribution in [3.05, 3.63) is 24.3 Å². The highest BCUT2D eigenvalue weighted by molar-refractivity contribution is 7.99. The quantitative estimate of drug-likeness (QED) is 0.106. The average molecular weight is 547 g/mol. The molecule has 0 aromatic heterocycles. The summed E-state index contributed by atoms with van der Waals surface area (Å²) in [6, 6.07) is 0. The molecule has 0 aromatic rings. The van der Waals surface area contributed by atoms with Crippen LogP contribution in [-0.2, 0) is 28.6 Å². The fourth-order valence-corrected chi connectivity index (χ4v) is 7.32. The van der Waals surface area contributed by atoms with Gasteiger partial charge in [-0.05, 0) is 80.8 Å². The summed E-state index contributed by atoms with van der Waals surface area (Å²) < 4.78 is 17.5. The molecule has 0 heterocycles. The number of fused-ring (bicyclic) bond motifs is 4. The maximum absolute atomic E-state index is 13.1. The van der Waals surface area contributed by atoms with E-state index < -0.39 is 5.41 Å². The van der Waals surface area contributed by atoms with E-state index in [0.717, 1.165) is 62.9 Å². The van der Waals surface area contributed by atoms with Crippen molar-refractivity contribution in [1.82, 2.24) is 0 Å². The van der Waals surface area contributed by atoms with E-state index in [1.54, 1.807) is 11.8 Å². The van der Waals surface area contributed by atoms with Gasteiger partial charge in [0.1, 0.15) is 19.8 Å². The number of rotatable bonds is 15. The van der Waals surface area contributed by atoms with Crippen LogP contribution in [0.3, 0.4) is 0 Å². The lowest BCUT2D eigenvalue weighted by molar-refractivity contribution is -0.168. The molecule has 7 heteroatoms. The second-order valence-corrected chi connectivity index (χ2v) is 13.1. The highest BCUT2D eigenvalue weighted by atomic mass is 32.2. The normalized spacial score (nSPS) is 30.6. The fourth-order valence-electron chi connectivity index (χ4n) is 6.31. The molecule has 6 rings (SSSR count). The van der Waals surface area contributed by atoms with Gasteiger partial charge in [0.25, 0.3) is 0 Å². The number of allylic oxidation sites excluding steroid dienone is 4. The van der Waals surface area contributed by atoms with Gasteiger partial charge in [0.05, 0.1) is 23.7 Å². The minimum absolute atomic E-state index is 0.0791. The Bertz CT molecular complexity index is 830. The number of esters is 3. The second-order valence-electron chi connectivity index (χ2n) is 11.9. The molecular formula is C31H46O6S.